The summed E-state index contributed by atoms with van der Waals surface area (Å²) in [5, 5.41) is 0. The van der Waals surface area contributed by atoms with Crippen LogP contribution in [-0.4, -0.2) is 12.3 Å². The first-order valence-corrected chi connectivity index (χ1v) is 2.88. The summed E-state index contributed by atoms with van der Waals surface area (Å²) < 4.78 is 0. The molecule has 2 heteroatoms. The van der Waals surface area contributed by atoms with Gasteiger partial charge in [-0.1, -0.05) is 0 Å². The molecule has 0 aliphatic carbocycles. The van der Waals surface area contributed by atoms with Gasteiger partial charge in [0, 0.05) is 12.5 Å². The molecule has 1 atom stereocenters. The third-order valence-corrected chi connectivity index (χ3v) is 0.938. The molecular formula is C6H12NO. The minimum absolute atomic E-state index is 0.225. The van der Waals surface area contributed by atoms with E-state index in [1.165, 1.54) is 0 Å². The monoisotopic (exact) mass is 114 g/mol. The second-order valence-corrected chi connectivity index (χ2v) is 2.01. The Morgan fingerprint density at radius 3 is 2.75 bits per heavy atom. The minimum Gasteiger partial charge on any atom is -0.328 e. The molecule has 0 rings (SSSR count). The first-order chi connectivity index (χ1) is 3.77. The van der Waals surface area contributed by atoms with Gasteiger partial charge in [0.05, 0.1) is 0 Å². The maximum Gasteiger partial charge on any atom is 0.198 e. The molecule has 0 heterocycles. The molecule has 8 heavy (non-hydrogen) atoms. The van der Waals surface area contributed by atoms with Crippen molar-refractivity contribution < 1.29 is 4.79 Å². The SMILES string of the molecule is CC(N)CCC[C]=O. The number of nitrogens with two attached hydrogens (primary N) is 1. The van der Waals surface area contributed by atoms with Gasteiger partial charge in [-0.25, -0.2) is 0 Å². The molecule has 0 amide bonds. The van der Waals surface area contributed by atoms with Gasteiger partial charge < -0.3 is 5.73 Å². The Bertz CT molecular complexity index is 61.5. The predicted molar refractivity (Wildman–Crippen MR) is 33.2 cm³/mol. The lowest BCUT2D eigenvalue weighted by molar-refractivity contribution is 0.542. The van der Waals surface area contributed by atoms with Crippen LogP contribution in [0.2, 0.25) is 0 Å². The molecule has 1 radical (unpaired) electrons. The molecule has 0 saturated heterocycles. The van der Waals surface area contributed by atoms with E-state index >= 15 is 0 Å². The van der Waals surface area contributed by atoms with Crippen LogP contribution in [0, 0.1) is 0 Å². The summed E-state index contributed by atoms with van der Waals surface area (Å²) in [4.78, 5) is 9.62. The first kappa shape index (κ1) is 7.63. The van der Waals surface area contributed by atoms with Crippen molar-refractivity contribution in [2.24, 2.45) is 5.73 Å². The van der Waals surface area contributed by atoms with Gasteiger partial charge in [0.15, 0.2) is 6.29 Å². The number of hydrogen-bond acceptors (Lipinski definition) is 2. The number of carbonyl (C=O) groups excluding carboxylic acids is 1. The van der Waals surface area contributed by atoms with Crippen LogP contribution >= 0.6 is 0 Å². The van der Waals surface area contributed by atoms with Crippen LogP contribution in [0.15, 0.2) is 0 Å². The molecular weight excluding hydrogens is 102 g/mol. The molecule has 0 saturated carbocycles. The Balaban J connectivity index is 2.81. The fourth-order valence-electron chi connectivity index (χ4n) is 0.496. The Hall–Kier alpha value is -0.370. The second-order valence-electron chi connectivity index (χ2n) is 2.01. The largest absolute Gasteiger partial charge is 0.328 e. The average molecular weight is 114 g/mol. The molecule has 0 aromatic rings. The van der Waals surface area contributed by atoms with Crippen molar-refractivity contribution in [3.05, 3.63) is 0 Å². The Morgan fingerprint density at radius 2 is 2.38 bits per heavy atom. The molecule has 2 N–H and O–H groups in total. The predicted octanol–water partition coefficient (Wildman–Crippen LogP) is 0.614. The van der Waals surface area contributed by atoms with Crippen LogP contribution in [0.3, 0.4) is 0 Å². The van der Waals surface area contributed by atoms with Crippen molar-refractivity contribution in [2.75, 3.05) is 0 Å². The van der Waals surface area contributed by atoms with E-state index < -0.39 is 0 Å². The number of hydrogen-bond donors (Lipinski definition) is 1. The standard InChI is InChI=1S/C6H12NO/c1-6(7)4-2-3-5-8/h6H,2-4,7H2,1H3. The second kappa shape index (κ2) is 4.78. The summed E-state index contributed by atoms with van der Waals surface area (Å²) in [7, 11) is 0. The van der Waals surface area contributed by atoms with Crippen LogP contribution in [0.5, 0.6) is 0 Å². The normalized spacial score (nSPS) is 13.2. The number of unbranched alkanes of at least 4 members (excludes halogenated alkanes) is 1. The molecule has 0 aliphatic heterocycles. The highest BCUT2D eigenvalue weighted by molar-refractivity contribution is 5.50. The highest BCUT2D eigenvalue weighted by Gasteiger charge is 1.91. The summed E-state index contributed by atoms with van der Waals surface area (Å²) >= 11 is 0. The smallest absolute Gasteiger partial charge is 0.198 e. The van der Waals surface area contributed by atoms with Crippen LogP contribution < -0.4 is 5.73 Å². The van der Waals surface area contributed by atoms with Gasteiger partial charge in [-0.15, -0.1) is 0 Å². The van der Waals surface area contributed by atoms with E-state index in [4.69, 9.17) is 5.73 Å². The van der Waals surface area contributed by atoms with Crippen LogP contribution in [0.4, 0.5) is 0 Å². The quantitative estimate of drug-likeness (QED) is 0.544. The van der Waals surface area contributed by atoms with Gasteiger partial charge >= 0.3 is 0 Å². The summed E-state index contributed by atoms with van der Waals surface area (Å²) in [6.07, 6.45) is 4.15. The van der Waals surface area contributed by atoms with Crippen LogP contribution in [-0.2, 0) is 4.79 Å². The van der Waals surface area contributed by atoms with Gasteiger partial charge in [-0.05, 0) is 19.8 Å². The minimum atomic E-state index is 0.225. The Labute approximate surface area is 50.1 Å². The van der Waals surface area contributed by atoms with Gasteiger partial charge in [-0.3, -0.25) is 4.79 Å². The van der Waals surface area contributed by atoms with Crippen LogP contribution in [0.1, 0.15) is 26.2 Å². The van der Waals surface area contributed by atoms with E-state index in [-0.39, 0.29) is 6.04 Å². The maximum absolute atomic E-state index is 9.62. The Kier molecular flexibility index (Phi) is 4.56. The molecule has 0 spiro atoms. The van der Waals surface area contributed by atoms with Gasteiger partial charge in [-0.2, -0.15) is 0 Å². The zero-order chi connectivity index (χ0) is 6.41. The van der Waals surface area contributed by atoms with Gasteiger partial charge in [0.25, 0.3) is 0 Å². The van der Waals surface area contributed by atoms with Crippen LogP contribution in [0.25, 0.3) is 0 Å². The molecule has 0 aromatic heterocycles. The lowest BCUT2D eigenvalue weighted by Gasteiger charge is -1.98. The Morgan fingerprint density at radius 1 is 1.75 bits per heavy atom. The van der Waals surface area contributed by atoms with E-state index in [9.17, 15) is 4.79 Å². The molecule has 0 aromatic carbocycles. The van der Waals surface area contributed by atoms with E-state index in [2.05, 4.69) is 0 Å². The molecule has 0 aliphatic rings. The molecule has 0 fully saturated rings. The van der Waals surface area contributed by atoms with Crippen molar-refractivity contribution in [2.45, 2.75) is 32.2 Å². The van der Waals surface area contributed by atoms with Gasteiger partial charge in [0.2, 0.25) is 0 Å². The molecule has 0 bridgehead atoms. The number of rotatable bonds is 4. The van der Waals surface area contributed by atoms with E-state index in [0.29, 0.717) is 6.42 Å². The molecule has 1 unspecified atom stereocenters. The molecule has 2 nitrogen and oxygen atoms in total. The summed E-state index contributed by atoms with van der Waals surface area (Å²) in [5.41, 5.74) is 5.40. The van der Waals surface area contributed by atoms with Crippen molar-refractivity contribution in [1.82, 2.24) is 0 Å². The van der Waals surface area contributed by atoms with Crippen molar-refractivity contribution in [3.63, 3.8) is 0 Å². The zero-order valence-electron chi connectivity index (χ0n) is 5.18. The fraction of sp³-hybridized carbons (Fsp3) is 0.833. The molecule has 47 valence electrons. The summed E-state index contributed by atoms with van der Waals surface area (Å²) in [6, 6.07) is 0.225. The lowest BCUT2D eigenvalue weighted by Crippen LogP contribution is -2.13. The van der Waals surface area contributed by atoms with E-state index in [0.717, 1.165) is 12.8 Å². The van der Waals surface area contributed by atoms with E-state index in [1.807, 2.05) is 13.2 Å². The highest BCUT2D eigenvalue weighted by atomic mass is 16.1. The maximum atomic E-state index is 9.62. The van der Waals surface area contributed by atoms with Crippen molar-refractivity contribution in [1.29, 1.82) is 0 Å². The summed E-state index contributed by atoms with van der Waals surface area (Å²) in [6.45, 7) is 1.94. The fourth-order valence-corrected chi connectivity index (χ4v) is 0.496. The zero-order valence-corrected chi connectivity index (χ0v) is 5.18. The lowest BCUT2D eigenvalue weighted by atomic mass is 10.2. The van der Waals surface area contributed by atoms with Gasteiger partial charge in [0.1, 0.15) is 0 Å². The summed E-state index contributed by atoms with van der Waals surface area (Å²) in [5.74, 6) is 0. The topological polar surface area (TPSA) is 43.1 Å². The van der Waals surface area contributed by atoms with E-state index in [1.54, 1.807) is 0 Å². The first-order valence-electron chi connectivity index (χ1n) is 2.88. The average Bonchev–Trinajstić information content (AvgIpc) is 1.66. The third kappa shape index (κ3) is 5.63. The third-order valence-electron chi connectivity index (χ3n) is 0.938. The van der Waals surface area contributed by atoms with Crippen molar-refractivity contribution >= 4 is 6.29 Å². The highest BCUT2D eigenvalue weighted by Crippen LogP contribution is 1.94. The van der Waals surface area contributed by atoms with Crippen molar-refractivity contribution in [3.8, 4) is 0 Å².